The van der Waals surface area contributed by atoms with Gasteiger partial charge in [0.2, 0.25) is 5.95 Å². The van der Waals surface area contributed by atoms with Crippen molar-refractivity contribution in [2.24, 2.45) is 0 Å². The van der Waals surface area contributed by atoms with Gasteiger partial charge in [0.1, 0.15) is 5.75 Å². The lowest BCUT2D eigenvalue weighted by Gasteiger charge is -2.06. The lowest BCUT2D eigenvalue weighted by Crippen LogP contribution is -2.06. The minimum atomic E-state index is 0.454. The van der Waals surface area contributed by atoms with Gasteiger partial charge in [-0.3, -0.25) is 9.97 Å². The van der Waals surface area contributed by atoms with Crippen molar-refractivity contribution in [2.45, 2.75) is 13.5 Å². The van der Waals surface area contributed by atoms with Gasteiger partial charge in [0.15, 0.2) is 0 Å². The Bertz CT molecular complexity index is 748. The van der Waals surface area contributed by atoms with Gasteiger partial charge in [-0.2, -0.15) is 0 Å². The molecule has 2 N–H and O–H groups in total. The molecule has 0 spiro atoms. The Morgan fingerprint density at radius 1 is 1.25 bits per heavy atom. The smallest absolute Gasteiger partial charge is 0.201 e. The summed E-state index contributed by atoms with van der Waals surface area (Å²) < 4.78 is 7.10. The zero-order valence-electron chi connectivity index (χ0n) is 11.4. The van der Waals surface area contributed by atoms with E-state index >= 15 is 0 Å². The van der Waals surface area contributed by atoms with E-state index in [2.05, 4.69) is 15.0 Å². The van der Waals surface area contributed by atoms with Crippen LogP contribution in [0.2, 0.25) is 0 Å². The van der Waals surface area contributed by atoms with Gasteiger partial charge in [0, 0.05) is 12.3 Å². The maximum Gasteiger partial charge on any atom is 0.201 e. The van der Waals surface area contributed by atoms with E-state index in [4.69, 9.17) is 10.5 Å². The second-order valence-corrected chi connectivity index (χ2v) is 4.56. The molecule has 0 saturated carbocycles. The van der Waals surface area contributed by atoms with Crippen LogP contribution in [0.5, 0.6) is 5.75 Å². The molecule has 3 aromatic rings. The van der Waals surface area contributed by atoms with E-state index < -0.39 is 0 Å². The van der Waals surface area contributed by atoms with Crippen molar-refractivity contribution >= 4 is 17.0 Å². The SMILES string of the molecule is COc1ccc2c(c1)nc(N)n2Cc1cnc(C)cn1. The Balaban J connectivity index is 2.02. The summed E-state index contributed by atoms with van der Waals surface area (Å²) in [7, 11) is 1.63. The molecule has 0 bridgehead atoms. The van der Waals surface area contributed by atoms with Crippen molar-refractivity contribution in [1.82, 2.24) is 19.5 Å². The molecule has 0 aliphatic rings. The Morgan fingerprint density at radius 3 is 2.80 bits per heavy atom. The Hall–Kier alpha value is -2.63. The van der Waals surface area contributed by atoms with E-state index in [0.717, 1.165) is 28.2 Å². The zero-order valence-corrected chi connectivity index (χ0v) is 11.4. The van der Waals surface area contributed by atoms with Crippen molar-refractivity contribution < 1.29 is 4.74 Å². The molecule has 0 fully saturated rings. The molecule has 102 valence electrons. The highest BCUT2D eigenvalue weighted by Gasteiger charge is 2.10. The van der Waals surface area contributed by atoms with Crippen LogP contribution in [-0.2, 0) is 6.54 Å². The number of hydrogen-bond acceptors (Lipinski definition) is 5. The first-order valence-electron chi connectivity index (χ1n) is 6.24. The molecule has 6 heteroatoms. The highest BCUT2D eigenvalue weighted by atomic mass is 16.5. The zero-order chi connectivity index (χ0) is 14.1. The monoisotopic (exact) mass is 269 g/mol. The number of nitrogen functional groups attached to an aromatic ring is 1. The van der Waals surface area contributed by atoms with Gasteiger partial charge < -0.3 is 15.0 Å². The first kappa shape index (κ1) is 12.4. The summed E-state index contributed by atoms with van der Waals surface area (Å²) in [6.45, 7) is 2.45. The topological polar surface area (TPSA) is 78.9 Å². The first-order chi connectivity index (χ1) is 9.67. The number of nitrogens with zero attached hydrogens (tertiary/aromatic N) is 4. The van der Waals surface area contributed by atoms with E-state index in [9.17, 15) is 0 Å². The molecule has 2 aromatic heterocycles. The average molecular weight is 269 g/mol. The largest absolute Gasteiger partial charge is 0.497 e. The fourth-order valence-corrected chi connectivity index (χ4v) is 2.08. The summed E-state index contributed by atoms with van der Waals surface area (Å²) in [6.07, 6.45) is 3.50. The molecule has 2 heterocycles. The maximum absolute atomic E-state index is 5.99. The number of methoxy groups -OCH3 is 1. The van der Waals surface area contributed by atoms with Gasteiger partial charge in [-0.1, -0.05) is 0 Å². The Kier molecular flexibility index (Phi) is 2.98. The predicted molar refractivity (Wildman–Crippen MR) is 76.6 cm³/mol. The number of benzene rings is 1. The minimum Gasteiger partial charge on any atom is -0.497 e. The predicted octanol–water partition coefficient (Wildman–Crippen LogP) is 1.77. The van der Waals surface area contributed by atoms with Crippen LogP contribution in [-0.4, -0.2) is 26.6 Å². The number of hydrogen-bond donors (Lipinski definition) is 1. The summed E-state index contributed by atoms with van der Waals surface area (Å²) in [6, 6.07) is 5.70. The molecule has 0 amide bonds. The van der Waals surface area contributed by atoms with Gasteiger partial charge in [-0.25, -0.2) is 4.98 Å². The lowest BCUT2D eigenvalue weighted by molar-refractivity contribution is 0.415. The normalized spacial score (nSPS) is 10.9. The van der Waals surface area contributed by atoms with E-state index in [1.54, 1.807) is 19.5 Å². The number of nitrogens with two attached hydrogens (primary N) is 1. The first-order valence-corrected chi connectivity index (χ1v) is 6.24. The van der Waals surface area contributed by atoms with Crippen LogP contribution in [0, 0.1) is 6.92 Å². The van der Waals surface area contributed by atoms with E-state index in [1.165, 1.54) is 0 Å². The summed E-state index contributed by atoms with van der Waals surface area (Å²) >= 11 is 0. The van der Waals surface area contributed by atoms with Crippen LogP contribution in [0.15, 0.2) is 30.6 Å². The molecular weight excluding hydrogens is 254 g/mol. The van der Waals surface area contributed by atoms with Gasteiger partial charge in [-0.15, -0.1) is 0 Å². The molecule has 3 rings (SSSR count). The van der Waals surface area contributed by atoms with Gasteiger partial charge in [0.25, 0.3) is 0 Å². The van der Waals surface area contributed by atoms with Crippen molar-refractivity contribution in [3.63, 3.8) is 0 Å². The fourth-order valence-electron chi connectivity index (χ4n) is 2.08. The number of imidazole rings is 1. The number of aromatic nitrogens is 4. The molecule has 1 aromatic carbocycles. The van der Waals surface area contributed by atoms with Crippen LogP contribution in [0.25, 0.3) is 11.0 Å². The molecule has 0 aliphatic heterocycles. The van der Waals surface area contributed by atoms with Crippen molar-refractivity contribution in [1.29, 1.82) is 0 Å². The van der Waals surface area contributed by atoms with Crippen LogP contribution >= 0.6 is 0 Å². The number of anilines is 1. The quantitative estimate of drug-likeness (QED) is 0.784. The standard InChI is InChI=1S/C14H15N5O/c1-9-6-17-10(7-16-9)8-19-13-4-3-11(20-2)5-12(13)18-14(19)15/h3-7H,8H2,1-2H3,(H2,15,18). The summed E-state index contributed by atoms with van der Waals surface area (Å²) in [5, 5.41) is 0. The molecule has 20 heavy (non-hydrogen) atoms. The third-order valence-corrected chi connectivity index (χ3v) is 3.14. The summed E-state index contributed by atoms with van der Waals surface area (Å²) in [4.78, 5) is 12.9. The van der Waals surface area contributed by atoms with Crippen molar-refractivity contribution in [3.8, 4) is 5.75 Å². The molecule has 0 atom stereocenters. The second-order valence-electron chi connectivity index (χ2n) is 4.56. The minimum absolute atomic E-state index is 0.454. The number of aryl methyl sites for hydroxylation is 1. The van der Waals surface area contributed by atoms with Crippen LogP contribution in [0.1, 0.15) is 11.4 Å². The number of rotatable bonds is 3. The molecule has 0 saturated heterocycles. The molecule has 0 aliphatic carbocycles. The maximum atomic E-state index is 5.99. The Labute approximate surface area is 116 Å². The van der Waals surface area contributed by atoms with Gasteiger partial charge in [-0.05, 0) is 19.1 Å². The van der Waals surface area contributed by atoms with Crippen molar-refractivity contribution in [2.75, 3.05) is 12.8 Å². The van der Waals surface area contributed by atoms with Crippen LogP contribution in [0.3, 0.4) is 0 Å². The lowest BCUT2D eigenvalue weighted by atomic mass is 10.3. The van der Waals surface area contributed by atoms with Crippen LogP contribution in [0.4, 0.5) is 5.95 Å². The highest BCUT2D eigenvalue weighted by molar-refractivity contribution is 5.80. The third kappa shape index (κ3) is 2.16. The van der Waals surface area contributed by atoms with Gasteiger partial charge >= 0.3 is 0 Å². The Morgan fingerprint density at radius 2 is 2.10 bits per heavy atom. The summed E-state index contributed by atoms with van der Waals surface area (Å²) in [5.41, 5.74) is 9.48. The summed E-state index contributed by atoms with van der Waals surface area (Å²) in [5.74, 6) is 1.22. The number of fused-ring (bicyclic) bond motifs is 1. The number of ether oxygens (including phenoxy) is 1. The third-order valence-electron chi connectivity index (χ3n) is 3.14. The van der Waals surface area contributed by atoms with Gasteiger partial charge in [0.05, 0.1) is 42.3 Å². The van der Waals surface area contributed by atoms with Crippen molar-refractivity contribution in [3.05, 3.63) is 42.0 Å². The average Bonchev–Trinajstić information content (AvgIpc) is 2.76. The molecule has 0 unspecified atom stereocenters. The molecular formula is C14H15N5O. The van der Waals surface area contributed by atoms with E-state index in [0.29, 0.717) is 12.5 Å². The highest BCUT2D eigenvalue weighted by Crippen LogP contribution is 2.23. The van der Waals surface area contributed by atoms with Crippen LogP contribution < -0.4 is 10.5 Å². The van der Waals surface area contributed by atoms with E-state index in [1.807, 2.05) is 29.7 Å². The molecule has 6 nitrogen and oxygen atoms in total. The fraction of sp³-hybridized carbons (Fsp3) is 0.214. The second kappa shape index (κ2) is 4.80. The van der Waals surface area contributed by atoms with E-state index in [-0.39, 0.29) is 0 Å². The molecule has 0 radical (unpaired) electrons.